The van der Waals surface area contributed by atoms with Gasteiger partial charge in [-0.15, -0.1) is 0 Å². The minimum Gasteiger partial charge on any atom is -0.368 e. The third-order valence-electron chi connectivity index (χ3n) is 2.60. The Labute approximate surface area is 91.5 Å². The van der Waals surface area contributed by atoms with Crippen molar-refractivity contribution in [3.63, 3.8) is 0 Å². The summed E-state index contributed by atoms with van der Waals surface area (Å²) in [5, 5.41) is 0. The van der Waals surface area contributed by atoms with Crippen LogP contribution < -0.4 is 16.4 Å². The number of carbonyl (C=O) groups excluding carboxylic acids is 1. The summed E-state index contributed by atoms with van der Waals surface area (Å²) in [7, 11) is 0. The highest BCUT2D eigenvalue weighted by Gasteiger charge is 2.31. The Morgan fingerprint density at radius 2 is 2.38 bits per heavy atom. The smallest absolute Gasteiger partial charge is 0.240 e. The Morgan fingerprint density at radius 1 is 1.62 bits per heavy atom. The normalized spacial score (nSPS) is 20.1. The zero-order chi connectivity index (χ0) is 11.7. The third-order valence-corrected chi connectivity index (χ3v) is 2.60. The Kier molecular flexibility index (Phi) is 2.59. The number of nitrogens with zero attached hydrogens (tertiary/aromatic N) is 3. The van der Waals surface area contributed by atoms with Crippen LogP contribution in [0.5, 0.6) is 0 Å². The molecule has 0 bridgehead atoms. The second-order valence-corrected chi connectivity index (χ2v) is 3.65. The highest BCUT2D eigenvalue weighted by Crippen LogP contribution is 2.25. The van der Waals surface area contributed by atoms with Crippen molar-refractivity contribution >= 4 is 17.7 Å². The number of carbonyl (C=O) groups is 1. The average molecular weight is 225 g/mol. The topological polar surface area (TPSA) is 98.1 Å². The molecule has 7 heteroatoms. The van der Waals surface area contributed by atoms with Crippen molar-refractivity contribution in [1.29, 1.82) is 0 Å². The van der Waals surface area contributed by atoms with E-state index in [0.29, 0.717) is 13.0 Å². The van der Waals surface area contributed by atoms with Gasteiger partial charge in [-0.3, -0.25) is 4.79 Å². The second kappa shape index (κ2) is 3.92. The van der Waals surface area contributed by atoms with Gasteiger partial charge in [0.1, 0.15) is 6.04 Å². The molecule has 16 heavy (non-hydrogen) atoms. The number of nitrogen functional groups attached to an aromatic ring is 1. The maximum absolute atomic E-state index is 13.5. The quantitative estimate of drug-likeness (QED) is 0.717. The van der Waals surface area contributed by atoms with E-state index in [1.807, 2.05) is 0 Å². The molecule has 2 rings (SSSR count). The van der Waals surface area contributed by atoms with Crippen molar-refractivity contribution in [2.45, 2.75) is 18.9 Å². The van der Waals surface area contributed by atoms with Crippen molar-refractivity contribution in [3.05, 3.63) is 12.0 Å². The zero-order valence-electron chi connectivity index (χ0n) is 8.56. The number of anilines is 2. The van der Waals surface area contributed by atoms with Gasteiger partial charge in [-0.05, 0) is 12.8 Å². The molecule has 0 aliphatic carbocycles. The lowest BCUT2D eigenvalue weighted by Crippen LogP contribution is -2.41. The lowest BCUT2D eigenvalue weighted by atomic mass is 10.2. The fourth-order valence-corrected chi connectivity index (χ4v) is 1.89. The van der Waals surface area contributed by atoms with Gasteiger partial charge >= 0.3 is 0 Å². The lowest BCUT2D eigenvalue weighted by Gasteiger charge is -2.23. The molecule has 1 aliphatic heterocycles. The van der Waals surface area contributed by atoms with Crippen LogP contribution in [0.15, 0.2) is 6.20 Å². The van der Waals surface area contributed by atoms with Crippen LogP contribution in [-0.4, -0.2) is 28.5 Å². The maximum Gasteiger partial charge on any atom is 0.240 e. The fraction of sp³-hybridized carbons (Fsp3) is 0.444. The fourth-order valence-electron chi connectivity index (χ4n) is 1.89. The molecule has 86 valence electrons. The summed E-state index contributed by atoms with van der Waals surface area (Å²) in [6, 6.07) is -0.510. The predicted octanol–water partition coefficient (Wildman–Crippen LogP) is -0.348. The van der Waals surface area contributed by atoms with Gasteiger partial charge in [0.05, 0.1) is 6.20 Å². The molecule has 0 aromatic carbocycles. The van der Waals surface area contributed by atoms with E-state index in [1.165, 1.54) is 4.90 Å². The van der Waals surface area contributed by atoms with E-state index in [9.17, 15) is 9.18 Å². The molecule has 1 aromatic rings. The molecule has 0 saturated carbocycles. The number of primary amides is 1. The van der Waals surface area contributed by atoms with E-state index in [0.717, 1.165) is 12.6 Å². The van der Waals surface area contributed by atoms with Crippen LogP contribution in [-0.2, 0) is 4.79 Å². The Hall–Kier alpha value is -1.92. The van der Waals surface area contributed by atoms with Gasteiger partial charge in [0.25, 0.3) is 0 Å². The van der Waals surface area contributed by atoms with Crippen molar-refractivity contribution in [2.24, 2.45) is 5.73 Å². The highest BCUT2D eigenvalue weighted by atomic mass is 19.1. The van der Waals surface area contributed by atoms with Gasteiger partial charge in [-0.2, -0.15) is 4.98 Å². The van der Waals surface area contributed by atoms with Crippen LogP contribution in [0.4, 0.5) is 16.2 Å². The molecule has 1 aromatic heterocycles. The van der Waals surface area contributed by atoms with Crippen molar-refractivity contribution in [3.8, 4) is 0 Å². The van der Waals surface area contributed by atoms with E-state index >= 15 is 0 Å². The summed E-state index contributed by atoms with van der Waals surface area (Å²) in [4.78, 5) is 20.0. The standard InChI is InChI=1S/C9H12FN5O/c10-5-4-13-9(12)14-8(5)15-3-1-2-6(15)7(11)16/h4,6H,1-3H2,(H2,11,16)(H2,12,13,14). The number of hydrogen-bond donors (Lipinski definition) is 2. The number of aromatic nitrogens is 2. The van der Waals surface area contributed by atoms with E-state index in [-0.39, 0.29) is 11.8 Å². The number of rotatable bonds is 2. The number of amides is 1. The summed E-state index contributed by atoms with van der Waals surface area (Å²) in [6.07, 6.45) is 2.38. The van der Waals surface area contributed by atoms with Crippen LogP contribution in [0.1, 0.15) is 12.8 Å². The molecule has 6 nitrogen and oxygen atoms in total. The zero-order valence-corrected chi connectivity index (χ0v) is 8.56. The first-order valence-electron chi connectivity index (χ1n) is 4.93. The Balaban J connectivity index is 2.35. The van der Waals surface area contributed by atoms with E-state index in [1.54, 1.807) is 0 Å². The van der Waals surface area contributed by atoms with Crippen LogP contribution in [0.2, 0.25) is 0 Å². The molecule has 1 unspecified atom stereocenters. The largest absolute Gasteiger partial charge is 0.368 e. The van der Waals surface area contributed by atoms with Gasteiger partial charge in [0.2, 0.25) is 11.9 Å². The highest BCUT2D eigenvalue weighted by molar-refractivity contribution is 5.84. The van der Waals surface area contributed by atoms with Gasteiger partial charge in [0, 0.05) is 6.54 Å². The van der Waals surface area contributed by atoms with E-state index in [2.05, 4.69) is 9.97 Å². The van der Waals surface area contributed by atoms with Gasteiger partial charge in [-0.25, -0.2) is 9.37 Å². The van der Waals surface area contributed by atoms with Gasteiger partial charge in [-0.1, -0.05) is 0 Å². The summed E-state index contributed by atoms with van der Waals surface area (Å²) < 4.78 is 13.5. The SMILES string of the molecule is NC(=O)C1CCCN1c1nc(N)ncc1F. The molecule has 1 aliphatic rings. The molecule has 0 radical (unpaired) electrons. The average Bonchev–Trinajstić information content (AvgIpc) is 2.70. The van der Waals surface area contributed by atoms with Crippen LogP contribution in [0, 0.1) is 5.82 Å². The van der Waals surface area contributed by atoms with Gasteiger partial charge < -0.3 is 16.4 Å². The van der Waals surface area contributed by atoms with E-state index < -0.39 is 17.8 Å². The molecule has 1 amide bonds. The molecular weight excluding hydrogens is 213 g/mol. The number of halogens is 1. The van der Waals surface area contributed by atoms with Crippen molar-refractivity contribution in [2.75, 3.05) is 17.2 Å². The van der Waals surface area contributed by atoms with Crippen LogP contribution in [0.25, 0.3) is 0 Å². The monoisotopic (exact) mass is 225 g/mol. The lowest BCUT2D eigenvalue weighted by molar-refractivity contribution is -0.119. The van der Waals surface area contributed by atoms with E-state index in [4.69, 9.17) is 11.5 Å². The minimum absolute atomic E-state index is 0.0217. The Bertz CT molecular complexity index is 424. The molecule has 2 heterocycles. The first-order valence-corrected chi connectivity index (χ1v) is 4.93. The minimum atomic E-state index is -0.595. The summed E-state index contributed by atoms with van der Waals surface area (Å²) in [5.41, 5.74) is 10.6. The first-order chi connectivity index (χ1) is 7.59. The second-order valence-electron chi connectivity index (χ2n) is 3.65. The summed E-state index contributed by atoms with van der Waals surface area (Å²) in [6.45, 7) is 0.543. The maximum atomic E-state index is 13.5. The molecule has 1 saturated heterocycles. The first kappa shape index (κ1) is 10.6. The summed E-state index contributed by atoms with van der Waals surface area (Å²) in [5.74, 6) is -1.04. The molecule has 1 atom stereocenters. The molecule has 0 spiro atoms. The van der Waals surface area contributed by atoms with Crippen LogP contribution >= 0.6 is 0 Å². The number of hydrogen-bond acceptors (Lipinski definition) is 5. The molecule has 4 N–H and O–H groups in total. The van der Waals surface area contributed by atoms with Gasteiger partial charge in [0.15, 0.2) is 11.6 Å². The van der Waals surface area contributed by atoms with Crippen molar-refractivity contribution < 1.29 is 9.18 Å². The van der Waals surface area contributed by atoms with Crippen LogP contribution in [0.3, 0.4) is 0 Å². The number of nitrogens with two attached hydrogens (primary N) is 2. The molecular formula is C9H12FN5O. The van der Waals surface area contributed by atoms with Crippen molar-refractivity contribution in [1.82, 2.24) is 9.97 Å². The predicted molar refractivity (Wildman–Crippen MR) is 56.0 cm³/mol. The Morgan fingerprint density at radius 3 is 3.06 bits per heavy atom. The summed E-state index contributed by atoms with van der Waals surface area (Å²) >= 11 is 0. The molecule has 1 fully saturated rings. The third kappa shape index (κ3) is 1.75.